The van der Waals surface area contributed by atoms with Crippen molar-refractivity contribution in [1.29, 1.82) is 0 Å². The monoisotopic (exact) mass is 324 g/mol. The smallest absolute Gasteiger partial charge is 0.462 e. The molecule has 0 spiro atoms. The first-order valence-electron chi connectivity index (χ1n) is 5.94. The van der Waals surface area contributed by atoms with Crippen molar-refractivity contribution in [3.05, 3.63) is 29.3 Å². The zero-order valence-electron chi connectivity index (χ0n) is 11.0. The molecule has 0 saturated heterocycles. The quantitative estimate of drug-likeness (QED) is 0.456. The molecule has 0 aliphatic rings. The number of carbonyl (C=O) groups excluding carboxylic acids is 2. The maximum Gasteiger partial charge on any atom is 0.573 e. The van der Waals surface area contributed by atoms with E-state index in [4.69, 9.17) is 11.6 Å². The molecule has 0 aliphatic heterocycles. The lowest BCUT2D eigenvalue weighted by atomic mass is 10.0. The van der Waals surface area contributed by atoms with Crippen LogP contribution in [0.1, 0.15) is 34.1 Å². The van der Waals surface area contributed by atoms with Crippen LogP contribution in [-0.4, -0.2) is 30.6 Å². The van der Waals surface area contributed by atoms with Gasteiger partial charge in [-0.2, -0.15) is 0 Å². The molecular formula is C13H12ClF3O4. The van der Waals surface area contributed by atoms with E-state index in [2.05, 4.69) is 9.47 Å². The van der Waals surface area contributed by atoms with Crippen LogP contribution in [-0.2, 0) is 4.74 Å². The lowest BCUT2D eigenvalue weighted by Gasteiger charge is -2.13. The highest BCUT2D eigenvalue weighted by atomic mass is 35.5. The minimum Gasteiger partial charge on any atom is -0.462 e. The molecule has 116 valence electrons. The minimum absolute atomic E-state index is 0.0378. The number of ketones is 1. The van der Waals surface area contributed by atoms with Crippen molar-refractivity contribution in [1.82, 2.24) is 0 Å². The second-order valence-corrected chi connectivity index (χ2v) is 4.22. The molecule has 0 saturated carbocycles. The van der Waals surface area contributed by atoms with Gasteiger partial charge in [0.15, 0.2) is 5.78 Å². The second kappa shape index (κ2) is 7.31. The predicted molar refractivity (Wildman–Crippen MR) is 68.7 cm³/mol. The molecule has 8 heteroatoms. The Morgan fingerprint density at radius 1 is 1.29 bits per heavy atom. The van der Waals surface area contributed by atoms with Crippen molar-refractivity contribution < 1.29 is 32.2 Å². The van der Waals surface area contributed by atoms with Crippen molar-refractivity contribution in [2.75, 3.05) is 12.5 Å². The fourth-order valence-electron chi connectivity index (χ4n) is 1.52. The normalized spacial score (nSPS) is 11.1. The molecule has 1 aromatic carbocycles. The third kappa shape index (κ3) is 5.26. The first-order valence-corrected chi connectivity index (χ1v) is 6.48. The first-order chi connectivity index (χ1) is 9.78. The molecule has 0 aromatic heterocycles. The van der Waals surface area contributed by atoms with Gasteiger partial charge < -0.3 is 9.47 Å². The summed E-state index contributed by atoms with van der Waals surface area (Å²) in [4.78, 5) is 23.2. The molecule has 1 rings (SSSR count). The van der Waals surface area contributed by atoms with Crippen molar-refractivity contribution >= 4 is 23.4 Å². The Morgan fingerprint density at radius 3 is 2.48 bits per heavy atom. The molecule has 0 amide bonds. The number of halogens is 4. The van der Waals surface area contributed by atoms with E-state index in [1.165, 1.54) is 6.07 Å². The summed E-state index contributed by atoms with van der Waals surface area (Å²) in [6, 6.07) is 3.11. The molecule has 0 heterocycles. The first kappa shape index (κ1) is 17.3. The lowest BCUT2D eigenvalue weighted by Crippen LogP contribution is -2.20. The number of benzene rings is 1. The molecule has 0 fully saturated rings. The molecule has 4 nitrogen and oxygen atoms in total. The van der Waals surface area contributed by atoms with Crippen molar-refractivity contribution in [2.24, 2.45) is 0 Å². The van der Waals surface area contributed by atoms with Crippen LogP contribution in [0, 0.1) is 0 Å². The predicted octanol–water partition coefficient (Wildman–Crippen LogP) is 3.57. The fourth-order valence-corrected chi connectivity index (χ4v) is 1.70. The third-order valence-corrected chi connectivity index (χ3v) is 2.53. The van der Waals surface area contributed by atoms with E-state index in [1.54, 1.807) is 6.92 Å². The van der Waals surface area contributed by atoms with Gasteiger partial charge in [-0.1, -0.05) is 0 Å². The average Bonchev–Trinajstić information content (AvgIpc) is 2.37. The largest absolute Gasteiger partial charge is 0.573 e. The van der Waals surface area contributed by atoms with Crippen LogP contribution in [0.5, 0.6) is 5.75 Å². The number of Topliss-reactive ketones (excluding diaryl/α,β-unsaturated/α-hetero) is 1. The topological polar surface area (TPSA) is 52.6 Å². The number of rotatable bonds is 6. The number of ether oxygens (including phenoxy) is 2. The van der Waals surface area contributed by atoms with Gasteiger partial charge in [0.05, 0.1) is 17.7 Å². The molecule has 0 unspecified atom stereocenters. The summed E-state index contributed by atoms with van der Waals surface area (Å²) < 4.78 is 45.6. The molecule has 21 heavy (non-hydrogen) atoms. The third-order valence-electron chi connectivity index (χ3n) is 2.34. The van der Waals surface area contributed by atoms with Crippen molar-refractivity contribution in [3.8, 4) is 5.75 Å². The van der Waals surface area contributed by atoms with Gasteiger partial charge in [-0.05, 0) is 25.1 Å². The molecule has 0 aliphatic carbocycles. The van der Waals surface area contributed by atoms with E-state index < -0.39 is 23.9 Å². The standard InChI is InChI=1S/C13H12ClF3O4/c1-2-20-12(19)8-3-4-9(10(18)5-6-14)11(7-8)21-13(15,16)17/h3-4,7H,2,5-6H2,1H3. The van der Waals surface area contributed by atoms with Gasteiger partial charge in [-0.3, -0.25) is 4.79 Å². The summed E-state index contributed by atoms with van der Waals surface area (Å²) in [7, 11) is 0. The Labute approximate surface area is 123 Å². The van der Waals surface area contributed by atoms with Gasteiger partial charge in [-0.25, -0.2) is 4.79 Å². The molecule has 0 atom stereocenters. The number of alkyl halides is 4. The van der Waals surface area contributed by atoms with E-state index in [1.807, 2.05) is 0 Å². The van der Waals surface area contributed by atoms with E-state index >= 15 is 0 Å². The highest BCUT2D eigenvalue weighted by molar-refractivity contribution is 6.19. The van der Waals surface area contributed by atoms with Gasteiger partial charge in [0.1, 0.15) is 5.75 Å². The summed E-state index contributed by atoms with van der Waals surface area (Å²) in [6.45, 7) is 1.63. The molecular weight excluding hydrogens is 313 g/mol. The van der Waals surface area contributed by atoms with Crippen LogP contribution in [0.2, 0.25) is 0 Å². The van der Waals surface area contributed by atoms with Gasteiger partial charge in [-0.15, -0.1) is 24.8 Å². The Hall–Kier alpha value is -1.76. The number of carbonyl (C=O) groups is 2. The SMILES string of the molecule is CCOC(=O)c1ccc(C(=O)CCCl)c(OC(F)(F)F)c1. The van der Waals surface area contributed by atoms with Crippen LogP contribution in [0.4, 0.5) is 13.2 Å². The summed E-state index contributed by atoms with van der Waals surface area (Å²) in [5, 5.41) is 0. The maximum atomic E-state index is 12.4. The van der Waals surface area contributed by atoms with Crippen LogP contribution in [0.15, 0.2) is 18.2 Å². The number of hydrogen-bond donors (Lipinski definition) is 0. The van der Waals surface area contributed by atoms with Crippen LogP contribution >= 0.6 is 11.6 Å². The highest BCUT2D eigenvalue weighted by Crippen LogP contribution is 2.29. The second-order valence-electron chi connectivity index (χ2n) is 3.84. The summed E-state index contributed by atoms with van der Waals surface area (Å²) in [5.74, 6) is -2.20. The van der Waals surface area contributed by atoms with Gasteiger partial charge in [0.25, 0.3) is 0 Å². The fraction of sp³-hybridized carbons (Fsp3) is 0.385. The van der Waals surface area contributed by atoms with Crippen molar-refractivity contribution in [2.45, 2.75) is 19.7 Å². The number of hydrogen-bond acceptors (Lipinski definition) is 4. The maximum absolute atomic E-state index is 12.4. The molecule has 0 radical (unpaired) electrons. The van der Waals surface area contributed by atoms with Gasteiger partial charge in [0, 0.05) is 12.3 Å². The zero-order chi connectivity index (χ0) is 16.0. The van der Waals surface area contributed by atoms with E-state index in [0.717, 1.165) is 12.1 Å². The molecule has 0 bridgehead atoms. The van der Waals surface area contributed by atoms with Crippen molar-refractivity contribution in [3.63, 3.8) is 0 Å². The van der Waals surface area contributed by atoms with E-state index in [-0.39, 0.29) is 30.0 Å². The average molecular weight is 325 g/mol. The summed E-state index contributed by atoms with van der Waals surface area (Å²) >= 11 is 5.40. The van der Waals surface area contributed by atoms with Crippen LogP contribution in [0.3, 0.4) is 0 Å². The molecule has 0 N–H and O–H groups in total. The van der Waals surface area contributed by atoms with Crippen LogP contribution in [0.25, 0.3) is 0 Å². The number of esters is 1. The summed E-state index contributed by atoms with van der Waals surface area (Å²) in [6.07, 6.45) is -5.13. The lowest BCUT2D eigenvalue weighted by molar-refractivity contribution is -0.274. The Kier molecular flexibility index (Phi) is 6.02. The zero-order valence-corrected chi connectivity index (χ0v) is 11.8. The van der Waals surface area contributed by atoms with E-state index in [9.17, 15) is 22.8 Å². The van der Waals surface area contributed by atoms with E-state index in [0.29, 0.717) is 0 Å². The Balaban J connectivity index is 3.19. The summed E-state index contributed by atoms with van der Waals surface area (Å²) in [5.41, 5.74) is -0.431. The highest BCUT2D eigenvalue weighted by Gasteiger charge is 2.33. The van der Waals surface area contributed by atoms with Gasteiger partial charge in [0.2, 0.25) is 0 Å². The molecule has 1 aromatic rings. The Morgan fingerprint density at radius 2 is 1.95 bits per heavy atom. The Bertz CT molecular complexity index is 529. The van der Waals surface area contributed by atoms with Gasteiger partial charge >= 0.3 is 12.3 Å². The minimum atomic E-state index is -4.98. The van der Waals surface area contributed by atoms with Crippen LogP contribution < -0.4 is 4.74 Å².